The molecule has 5 heteroatoms. The first-order chi connectivity index (χ1) is 10.3. The summed E-state index contributed by atoms with van der Waals surface area (Å²) in [4.78, 5) is 15.2. The van der Waals surface area contributed by atoms with Crippen molar-refractivity contribution >= 4 is 34.3 Å². The van der Waals surface area contributed by atoms with Gasteiger partial charge in [0.05, 0.1) is 12.0 Å². The Kier molecular flexibility index (Phi) is 4.03. The van der Waals surface area contributed by atoms with Crippen LogP contribution in [0.4, 0.5) is 5.69 Å². The summed E-state index contributed by atoms with van der Waals surface area (Å²) in [7, 11) is 1.62. The van der Waals surface area contributed by atoms with E-state index < -0.39 is 0 Å². The van der Waals surface area contributed by atoms with Gasteiger partial charge in [0.15, 0.2) is 0 Å². The van der Waals surface area contributed by atoms with Crippen molar-refractivity contribution in [2.75, 3.05) is 12.4 Å². The van der Waals surface area contributed by atoms with Crippen LogP contribution in [-0.2, 0) is 0 Å². The van der Waals surface area contributed by atoms with Crippen LogP contribution in [0.1, 0.15) is 9.67 Å². The minimum atomic E-state index is -0.0898. The summed E-state index contributed by atoms with van der Waals surface area (Å²) >= 11 is 3.17. The Morgan fingerprint density at radius 1 is 1.05 bits per heavy atom. The van der Waals surface area contributed by atoms with Gasteiger partial charge in [-0.05, 0) is 47.8 Å². The highest BCUT2D eigenvalue weighted by molar-refractivity contribution is 7.22. The molecule has 0 aliphatic rings. The molecule has 3 aromatic rings. The van der Waals surface area contributed by atoms with E-state index >= 15 is 0 Å². The summed E-state index contributed by atoms with van der Waals surface area (Å²) in [6, 6.07) is 15.2. The van der Waals surface area contributed by atoms with Crippen molar-refractivity contribution in [3.05, 3.63) is 58.8 Å². The van der Waals surface area contributed by atoms with Gasteiger partial charge in [0, 0.05) is 15.4 Å². The standard InChI is InChI=1S/C16H13NO2S2/c1-19-12-6-4-11(5-7-12)17-16(18)15-9-8-14(21-15)13-3-2-10-20-13/h2-10H,1H3,(H,17,18). The van der Waals surface area contributed by atoms with Gasteiger partial charge in [-0.2, -0.15) is 0 Å². The van der Waals surface area contributed by atoms with E-state index in [0.717, 1.165) is 16.3 Å². The fourth-order valence-corrected chi connectivity index (χ4v) is 3.61. The van der Waals surface area contributed by atoms with Gasteiger partial charge in [-0.1, -0.05) is 6.07 Å². The number of benzene rings is 1. The summed E-state index contributed by atoms with van der Waals surface area (Å²) < 4.78 is 5.09. The van der Waals surface area contributed by atoms with E-state index in [2.05, 4.69) is 11.4 Å². The number of hydrogen-bond donors (Lipinski definition) is 1. The molecule has 0 radical (unpaired) electrons. The molecule has 0 bridgehead atoms. The Morgan fingerprint density at radius 2 is 1.86 bits per heavy atom. The van der Waals surface area contributed by atoms with E-state index in [0.29, 0.717) is 4.88 Å². The first-order valence-corrected chi connectivity index (χ1v) is 8.05. The van der Waals surface area contributed by atoms with Crippen molar-refractivity contribution in [3.8, 4) is 15.5 Å². The first-order valence-electron chi connectivity index (χ1n) is 6.35. The van der Waals surface area contributed by atoms with Crippen LogP contribution in [0.15, 0.2) is 53.9 Å². The Labute approximate surface area is 130 Å². The van der Waals surface area contributed by atoms with Crippen LogP contribution >= 0.6 is 22.7 Å². The highest BCUT2D eigenvalue weighted by Crippen LogP contribution is 2.31. The zero-order chi connectivity index (χ0) is 14.7. The van der Waals surface area contributed by atoms with E-state index in [1.54, 1.807) is 18.4 Å². The van der Waals surface area contributed by atoms with Crippen LogP contribution in [0.3, 0.4) is 0 Å². The number of carbonyl (C=O) groups excluding carboxylic acids is 1. The molecule has 0 saturated heterocycles. The average Bonchev–Trinajstić information content (AvgIpc) is 3.19. The third-order valence-corrected chi connectivity index (χ3v) is 5.09. The van der Waals surface area contributed by atoms with Gasteiger partial charge in [-0.3, -0.25) is 4.79 Å². The molecule has 2 aromatic heterocycles. The maximum absolute atomic E-state index is 12.2. The van der Waals surface area contributed by atoms with E-state index in [1.807, 2.05) is 47.8 Å². The second-order valence-electron chi connectivity index (χ2n) is 4.32. The van der Waals surface area contributed by atoms with E-state index in [1.165, 1.54) is 16.2 Å². The largest absolute Gasteiger partial charge is 0.497 e. The van der Waals surface area contributed by atoms with Gasteiger partial charge in [0.25, 0.3) is 5.91 Å². The molecule has 1 N–H and O–H groups in total. The summed E-state index contributed by atoms with van der Waals surface area (Å²) in [6.45, 7) is 0. The van der Waals surface area contributed by atoms with Crippen molar-refractivity contribution in [1.29, 1.82) is 0 Å². The molecule has 0 aliphatic carbocycles. The van der Waals surface area contributed by atoms with Crippen LogP contribution in [-0.4, -0.2) is 13.0 Å². The number of anilines is 1. The van der Waals surface area contributed by atoms with E-state index in [4.69, 9.17) is 4.74 Å². The average molecular weight is 315 g/mol. The van der Waals surface area contributed by atoms with Crippen molar-refractivity contribution < 1.29 is 9.53 Å². The number of carbonyl (C=O) groups is 1. The Morgan fingerprint density at radius 3 is 2.52 bits per heavy atom. The molecule has 0 aliphatic heterocycles. The fourth-order valence-electron chi connectivity index (χ4n) is 1.88. The maximum Gasteiger partial charge on any atom is 0.265 e. The van der Waals surface area contributed by atoms with Crippen molar-refractivity contribution in [3.63, 3.8) is 0 Å². The van der Waals surface area contributed by atoms with Crippen molar-refractivity contribution in [1.82, 2.24) is 0 Å². The van der Waals surface area contributed by atoms with E-state index in [-0.39, 0.29) is 5.91 Å². The van der Waals surface area contributed by atoms with Crippen LogP contribution in [0.2, 0.25) is 0 Å². The molecule has 0 unspecified atom stereocenters. The quantitative estimate of drug-likeness (QED) is 0.755. The molecule has 1 amide bonds. The van der Waals surface area contributed by atoms with Crippen LogP contribution in [0.25, 0.3) is 9.75 Å². The molecule has 3 rings (SSSR count). The summed E-state index contributed by atoms with van der Waals surface area (Å²) in [5.74, 6) is 0.678. The van der Waals surface area contributed by atoms with Gasteiger partial charge in [-0.25, -0.2) is 0 Å². The van der Waals surface area contributed by atoms with Gasteiger partial charge in [0.2, 0.25) is 0 Å². The molecular formula is C16H13NO2S2. The summed E-state index contributed by atoms with van der Waals surface area (Å²) in [5.41, 5.74) is 0.756. The molecule has 106 valence electrons. The smallest absolute Gasteiger partial charge is 0.265 e. The Balaban J connectivity index is 1.73. The van der Waals surface area contributed by atoms with Crippen LogP contribution in [0, 0.1) is 0 Å². The number of methoxy groups -OCH3 is 1. The van der Waals surface area contributed by atoms with Crippen LogP contribution < -0.4 is 10.1 Å². The van der Waals surface area contributed by atoms with Gasteiger partial charge < -0.3 is 10.1 Å². The number of amides is 1. The highest BCUT2D eigenvalue weighted by atomic mass is 32.1. The van der Waals surface area contributed by atoms with Crippen molar-refractivity contribution in [2.45, 2.75) is 0 Å². The second-order valence-corrected chi connectivity index (χ2v) is 6.36. The first kappa shape index (κ1) is 13.9. The predicted octanol–water partition coefficient (Wildman–Crippen LogP) is 4.74. The Hall–Kier alpha value is -2.11. The van der Waals surface area contributed by atoms with Gasteiger partial charge >= 0.3 is 0 Å². The lowest BCUT2D eigenvalue weighted by molar-refractivity contribution is 0.103. The molecule has 2 heterocycles. The lowest BCUT2D eigenvalue weighted by Gasteiger charge is -2.04. The second kappa shape index (κ2) is 6.11. The third kappa shape index (κ3) is 3.15. The normalized spacial score (nSPS) is 10.3. The van der Waals surface area contributed by atoms with Gasteiger partial charge in [-0.15, -0.1) is 22.7 Å². The van der Waals surface area contributed by atoms with Crippen molar-refractivity contribution in [2.24, 2.45) is 0 Å². The molecule has 1 aromatic carbocycles. The highest BCUT2D eigenvalue weighted by Gasteiger charge is 2.11. The Bertz CT molecular complexity index is 730. The molecule has 21 heavy (non-hydrogen) atoms. The number of thiophene rings is 2. The molecular weight excluding hydrogens is 302 g/mol. The fraction of sp³-hybridized carbons (Fsp3) is 0.0625. The molecule has 3 nitrogen and oxygen atoms in total. The monoisotopic (exact) mass is 315 g/mol. The van der Waals surface area contributed by atoms with Gasteiger partial charge in [0.1, 0.15) is 5.75 Å². The zero-order valence-corrected chi connectivity index (χ0v) is 13.0. The predicted molar refractivity (Wildman–Crippen MR) is 88.6 cm³/mol. The maximum atomic E-state index is 12.2. The number of rotatable bonds is 4. The number of hydrogen-bond acceptors (Lipinski definition) is 4. The summed E-state index contributed by atoms with van der Waals surface area (Å²) in [5, 5.41) is 4.92. The number of nitrogens with one attached hydrogen (secondary N) is 1. The van der Waals surface area contributed by atoms with Crippen LogP contribution in [0.5, 0.6) is 5.75 Å². The SMILES string of the molecule is COc1ccc(NC(=O)c2ccc(-c3cccs3)s2)cc1. The minimum Gasteiger partial charge on any atom is -0.497 e. The minimum absolute atomic E-state index is 0.0898. The summed E-state index contributed by atoms with van der Waals surface area (Å²) in [6.07, 6.45) is 0. The lowest BCUT2D eigenvalue weighted by atomic mass is 10.3. The zero-order valence-electron chi connectivity index (χ0n) is 11.3. The topological polar surface area (TPSA) is 38.3 Å². The molecule has 0 fully saturated rings. The molecule has 0 atom stereocenters. The lowest BCUT2D eigenvalue weighted by Crippen LogP contribution is -2.09. The molecule has 0 spiro atoms. The molecule has 0 saturated carbocycles. The number of ether oxygens (including phenoxy) is 1. The van der Waals surface area contributed by atoms with E-state index in [9.17, 15) is 4.79 Å². The third-order valence-electron chi connectivity index (χ3n) is 2.94.